The van der Waals surface area contributed by atoms with E-state index in [1.54, 1.807) is 16.9 Å². The highest BCUT2D eigenvalue weighted by atomic mass is 32.1. The molecular weight excluding hydrogens is 1260 g/mol. The third-order valence-electron chi connectivity index (χ3n) is 20.3. The predicted octanol–water partition coefficient (Wildman–Crippen LogP) is 30.0. The monoisotopic (exact) mass is 1370 g/mol. The van der Waals surface area contributed by atoms with Gasteiger partial charge in [-0.3, -0.25) is 9.59 Å². The minimum absolute atomic E-state index is 0.169. The van der Waals surface area contributed by atoms with Crippen molar-refractivity contribution in [3.63, 3.8) is 0 Å². The number of benzene rings is 1. The lowest BCUT2D eigenvalue weighted by Gasteiger charge is -2.04. The summed E-state index contributed by atoms with van der Waals surface area (Å²) in [6.45, 7) is 18.4. The molecule has 9 rings (SSSR count). The number of hydrogen-bond donors (Lipinski definition) is 0. The fourth-order valence-corrected chi connectivity index (χ4v) is 21.9. The molecule has 510 valence electrons. The second-order valence-corrected chi connectivity index (χ2v) is 34.9. The predicted molar refractivity (Wildman–Crippen MR) is 432 cm³/mol. The van der Waals surface area contributed by atoms with Crippen LogP contribution >= 0.6 is 68.0 Å². The fraction of sp³-hybridized carbons (Fsp3) is 0.581. The summed E-state index contributed by atoms with van der Waals surface area (Å²) in [6, 6.07) is 14.5. The molecule has 0 aliphatic carbocycles. The zero-order chi connectivity index (χ0) is 66.0. The van der Waals surface area contributed by atoms with Crippen LogP contribution < -0.4 is 10.9 Å². The van der Waals surface area contributed by atoms with E-state index in [0.29, 0.717) is 0 Å². The maximum Gasteiger partial charge on any atom is 0.195 e. The minimum atomic E-state index is 0.169. The largest absolute Gasteiger partial charge is 0.289 e. The van der Waals surface area contributed by atoms with Crippen molar-refractivity contribution in [1.29, 1.82) is 0 Å². The van der Waals surface area contributed by atoms with E-state index in [9.17, 15) is 4.79 Å². The quantitative estimate of drug-likeness (QED) is 0.0356. The topological polar surface area (TPSA) is 34.1 Å². The smallest absolute Gasteiger partial charge is 0.195 e. The Morgan fingerprint density at radius 3 is 0.979 bits per heavy atom. The molecule has 0 fully saturated rings. The van der Waals surface area contributed by atoms with E-state index in [0.717, 1.165) is 86.7 Å². The Labute approximate surface area is 593 Å². The van der Waals surface area contributed by atoms with Gasteiger partial charge in [0.05, 0.1) is 0 Å². The number of fused-ring (bicyclic) bond motifs is 6. The van der Waals surface area contributed by atoms with Gasteiger partial charge in [0.1, 0.15) is 0 Å². The second-order valence-electron chi connectivity index (χ2n) is 28.1. The molecule has 0 N–H and O–H groups in total. The molecule has 94 heavy (non-hydrogen) atoms. The molecule has 0 atom stereocenters. The SMILES string of the molecule is CCCCCCCCc1cc(C)sc1/C=C/c1sc(-c2cc(CCCCCCCC)c(/C=C/c3sc(-c4sc5c(c4CCCCCCCC)c(=O)c4cc6c(cc45)c(=O)c4c(CCCCCCCC)c(C)sc46)cc3CCCCCCCC)s2)cc1CCCCCCCC. The van der Waals surface area contributed by atoms with Gasteiger partial charge in [0, 0.05) is 90.5 Å². The van der Waals surface area contributed by atoms with E-state index in [1.165, 1.54) is 301 Å². The first-order valence-electron chi connectivity index (χ1n) is 38.5. The molecule has 0 saturated heterocycles. The molecule has 9 aromatic rings. The molecule has 2 nitrogen and oxygen atoms in total. The third kappa shape index (κ3) is 20.2. The maximum absolute atomic E-state index is 15.3. The van der Waals surface area contributed by atoms with Crippen molar-refractivity contribution in [2.75, 3.05) is 0 Å². The van der Waals surface area contributed by atoms with Gasteiger partial charge in [0.25, 0.3) is 0 Å². The van der Waals surface area contributed by atoms with Crippen molar-refractivity contribution in [2.24, 2.45) is 0 Å². The summed E-state index contributed by atoms with van der Waals surface area (Å²) >= 11 is 11.6. The van der Waals surface area contributed by atoms with Gasteiger partial charge in [-0.25, -0.2) is 0 Å². The van der Waals surface area contributed by atoms with Crippen LogP contribution in [-0.4, -0.2) is 0 Å². The van der Waals surface area contributed by atoms with Crippen molar-refractivity contribution < 1.29 is 0 Å². The number of aryl methyl sites for hydroxylation is 8. The average molecular weight is 1380 g/mol. The maximum atomic E-state index is 15.3. The van der Waals surface area contributed by atoms with E-state index in [4.69, 9.17) is 0 Å². The third-order valence-corrected chi connectivity index (χ3v) is 27.6. The molecule has 0 spiro atoms. The van der Waals surface area contributed by atoms with Crippen molar-refractivity contribution >= 4 is 134 Å². The van der Waals surface area contributed by atoms with Crippen LogP contribution in [-0.2, 0) is 38.5 Å². The Kier molecular flexibility index (Phi) is 31.5. The lowest BCUT2D eigenvalue weighted by Crippen LogP contribution is -1.99. The number of hydrogen-bond acceptors (Lipinski definition) is 8. The highest BCUT2D eigenvalue weighted by Gasteiger charge is 2.27. The lowest BCUT2D eigenvalue weighted by atomic mass is 10.0. The van der Waals surface area contributed by atoms with Crippen LogP contribution in [0.3, 0.4) is 0 Å². The van der Waals surface area contributed by atoms with Crippen molar-refractivity contribution in [2.45, 2.75) is 325 Å². The van der Waals surface area contributed by atoms with Crippen molar-refractivity contribution in [1.82, 2.24) is 0 Å². The molecule has 0 aliphatic heterocycles. The van der Waals surface area contributed by atoms with E-state index in [-0.39, 0.29) is 10.9 Å². The normalized spacial score (nSPS) is 12.3. The van der Waals surface area contributed by atoms with Gasteiger partial charge in [-0.05, 0) is 185 Å². The Bertz CT molecular complexity index is 3880. The standard InChI is InChI=1S/C86H118O2S6/c1-9-15-21-27-33-39-45-63-55-61(7)89-73(63)51-52-74-64(46-40-34-28-22-16-10-2)56-77(91-74)78-57-65(47-41-35-29-23-17-11-3)75(92-78)53-54-76-66(48-42-36-30-24-18-12-4)58-79(93-76)84-68(50-44-38-32-26-20-14-6)81-83(88)70-59-71-69(60-72(70)86(81)94-84)82(87)80-67(62(8)90-85(71)80)49-43-37-31-25-19-13-5/h51-60H,9-50H2,1-8H3/b52-51+,54-53+. The molecule has 3 aromatic carbocycles. The zero-order valence-corrected chi connectivity index (χ0v) is 64.6. The van der Waals surface area contributed by atoms with Crippen LogP contribution in [0, 0.1) is 13.8 Å². The molecule has 0 bridgehead atoms. The van der Waals surface area contributed by atoms with Gasteiger partial charge >= 0.3 is 0 Å². The number of unbranched alkanes of at least 4 members (excludes halogenated alkanes) is 30. The summed E-state index contributed by atoms with van der Waals surface area (Å²) < 4.78 is 2.19. The van der Waals surface area contributed by atoms with Crippen molar-refractivity contribution in [3.8, 4) is 19.5 Å². The van der Waals surface area contributed by atoms with Gasteiger partial charge in [0.15, 0.2) is 10.9 Å². The van der Waals surface area contributed by atoms with Crippen LogP contribution in [0.5, 0.6) is 0 Å². The van der Waals surface area contributed by atoms with E-state index in [2.05, 4.69) is 116 Å². The summed E-state index contributed by atoms with van der Waals surface area (Å²) in [6.07, 6.45) is 62.5. The summed E-state index contributed by atoms with van der Waals surface area (Å²) in [7, 11) is 0. The van der Waals surface area contributed by atoms with Crippen molar-refractivity contribution in [3.05, 3.63) is 119 Å². The molecule has 0 amide bonds. The first-order chi connectivity index (χ1) is 46.1. The van der Waals surface area contributed by atoms with Gasteiger partial charge in [-0.1, -0.05) is 234 Å². The first kappa shape index (κ1) is 74.5. The molecule has 0 radical (unpaired) electrons. The van der Waals surface area contributed by atoms with E-state index >= 15 is 4.79 Å². The summed E-state index contributed by atoms with van der Waals surface area (Å²) in [4.78, 5) is 43.9. The van der Waals surface area contributed by atoms with Crippen LogP contribution in [0.4, 0.5) is 0 Å². The van der Waals surface area contributed by atoms with E-state index in [1.807, 2.05) is 56.7 Å². The first-order valence-corrected chi connectivity index (χ1v) is 43.4. The van der Waals surface area contributed by atoms with Crippen LogP contribution in [0.25, 0.3) is 85.5 Å². The minimum Gasteiger partial charge on any atom is -0.289 e. The molecule has 0 saturated carbocycles. The van der Waals surface area contributed by atoms with Gasteiger partial charge in [-0.2, -0.15) is 0 Å². The molecule has 0 aliphatic rings. The highest BCUT2D eigenvalue weighted by molar-refractivity contribution is 7.27. The van der Waals surface area contributed by atoms with E-state index < -0.39 is 0 Å². The summed E-state index contributed by atoms with van der Waals surface area (Å²) in [5.41, 5.74) is 8.88. The average Bonchev–Trinajstić information content (AvgIpc) is 1.55. The van der Waals surface area contributed by atoms with Gasteiger partial charge < -0.3 is 0 Å². The second kappa shape index (κ2) is 39.7. The van der Waals surface area contributed by atoms with Crippen LogP contribution in [0.1, 0.15) is 335 Å². The molecule has 0 unspecified atom stereocenters. The Hall–Kier alpha value is -3.76. The lowest BCUT2D eigenvalue weighted by molar-refractivity contribution is 0.607. The van der Waals surface area contributed by atoms with Gasteiger partial charge in [0.2, 0.25) is 0 Å². The Balaban J connectivity index is 1.08. The number of thiophene rings is 6. The Morgan fingerprint density at radius 2 is 0.585 bits per heavy atom. The Morgan fingerprint density at radius 1 is 0.287 bits per heavy atom. The molecule has 6 heterocycles. The number of rotatable bonds is 48. The fourth-order valence-electron chi connectivity index (χ4n) is 14.7. The van der Waals surface area contributed by atoms with Gasteiger partial charge in [-0.15, -0.1) is 68.0 Å². The zero-order valence-electron chi connectivity index (χ0n) is 59.7. The summed E-state index contributed by atoms with van der Waals surface area (Å²) in [5.74, 6) is 0. The van der Waals surface area contributed by atoms with Crippen LogP contribution in [0.15, 0.2) is 46.0 Å². The molecule has 8 heteroatoms. The molecular formula is C86H118O2S6. The highest BCUT2D eigenvalue weighted by Crippen LogP contribution is 2.48. The molecule has 6 aromatic heterocycles. The summed E-state index contributed by atoms with van der Waals surface area (Å²) in [5, 5.41) is 5.43. The van der Waals surface area contributed by atoms with Crippen LogP contribution in [0.2, 0.25) is 0 Å².